The molecule has 4 aromatic rings. The van der Waals surface area contributed by atoms with Crippen molar-refractivity contribution in [2.75, 3.05) is 67.1 Å². The summed E-state index contributed by atoms with van der Waals surface area (Å²) in [5.41, 5.74) is 4.25. The number of nitrogens with zero attached hydrogens (tertiary/aromatic N) is 2. The molecule has 0 radical (unpaired) electrons. The molecule has 2 fully saturated rings. The fourth-order valence-electron chi connectivity index (χ4n) is 10.5. The molecular weight excluding hydrogens is 987 g/mol. The molecule has 18 heteroatoms. The number of methoxy groups -OCH3 is 5. The van der Waals surface area contributed by atoms with Crippen LogP contribution in [0.3, 0.4) is 0 Å². The van der Waals surface area contributed by atoms with Gasteiger partial charge in [-0.2, -0.15) is 0 Å². The Balaban J connectivity index is 0.881. The van der Waals surface area contributed by atoms with Crippen LogP contribution in [0.1, 0.15) is 135 Å². The van der Waals surface area contributed by atoms with Gasteiger partial charge in [-0.25, -0.2) is 4.79 Å². The van der Waals surface area contributed by atoms with Gasteiger partial charge in [0.05, 0.1) is 41.5 Å². The molecule has 18 nitrogen and oxygen atoms in total. The van der Waals surface area contributed by atoms with E-state index in [0.29, 0.717) is 122 Å². The Kier molecular flexibility index (Phi) is 20.8. The maximum absolute atomic E-state index is 14.5. The van der Waals surface area contributed by atoms with Crippen molar-refractivity contribution in [3.63, 3.8) is 0 Å². The molecule has 3 aliphatic rings. The van der Waals surface area contributed by atoms with Gasteiger partial charge in [-0.05, 0) is 129 Å². The van der Waals surface area contributed by atoms with Gasteiger partial charge < -0.3 is 58.9 Å². The molecule has 0 aromatic heterocycles. The number of ether oxygens (including phenoxy) is 7. The Hall–Kier alpha value is -7.50. The molecule has 4 atom stereocenters. The van der Waals surface area contributed by atoms with Crippen LogP contribution >= 0.6 is 0 Å². The van der Waals surface area contributed by atoms with E-state index in [9.17, 15) is 28.8 Å². The molecular formula is C59H75N5O13. The maximum Gasteiger partial charge on any atom is 0.329 e. The molecule has 3 aliphatic heterocycles. The van der Waals surface area contributed by atoms with Gasteiger partial charge >= 0.3 is 5.97 Å². The third kappa shape index (κ3) is 14.5. The summed E-state index contributed by atoms with van der Waals surface area (Å²) in [6, 6.07) is 20.4. The number of piperidine rings is 2. The van der Waals surface area contributed by atoms with Gasteiger partial charge in [0.25, 0.3) is 11.8 Å². The minimum absolute atomic E-state index is 0.122. The largest absolute Gasteiger partial charge is 0.493 e. The molecule has 1 unspecified atom stereocenters. The van der Waals surface area contributed by atoms with Crippen LogP contribution in [0.25, 0.3) is 0 Å². The normalized spacial score (nSPS) is 16.8. The van der Waals surface area contributed by atoms with Crippen molar-refractivity contribution in [3.8, 4) is 34.5 Å². The fraction of sp³-hybridized carbons (Fsp3) is 0.492. The Labute approximate surface area is 451 Å². The number of nitrogens with one attached hydrogen (secondary N) is 3. The van der Waals surface area contributed by atoms with Crippen molar-refractivity contribution < 1.29 is 61.9 Å². The van der Waals surface area contributed by atoms with Gasteiger partial charge in [-0.3, -0.25) is 24.0 Å². The summed E-state index contributed by atoms with van der Waals surface area (Å²) in [6.07, 6.45) is 8.60. The van der Waals surface area contributed by atoms with E-state index >= 15 is 0 Å². The van der Waals surface area contributed by atoms with Crippen LogP contribution in [-0.4, -0.2) is 119 Å². The number of anilines is 1. The molecule has 0 bridgehead atoms. The number of benzene rings is 4. The van der Waals surface area contributed by atoms with E-state index < -0.39 is 30.1 Å². The van der Waals surface area contributed by atoms with Crippen LogP contribution in [0.4, 0.5) is 5.69 Å². The van der Waals surface area contributed by atoms with Crippen LogP contribution in [0, 0.1) is 0 Å². The first-order valence-electron chi connectivity index (χ1n) is 26.9. The number of rotatable bonds is 27. The Bertz CT molecular complexity index is 2670. The van der Waals surface area contributed by atoms with Gasteiger partial charge in [0.2, 0.25) is 23.5 Å². The first-order valence-corrected chi connectivity index (χ1v) is 26.9. The highest BCUT2D eigenvalue weighted by molar-refractivity contribution is 6.04. The van der Waals surface area contributed by atoms with E-state index in [1.165, 1.54) is 21.3 Å². The summed E-state index contributed by atoms with van der Waals surface area (Å²) in [7, 11) is 7.75. The molecule has 2 saturated heterocycles. The van der Waals surface area contributed by atoms with Crippen molar-refractivity contribution in [1.29, 1.82) is 0 Å². The number of carbonyl (C=O) groups excluding carboxylic acids is 6. The fourth-order valence-corrected chi connectivity index (χ4v) is 10.5. The molecule has 77 heavy (non-hydrogen) atoms. The van der Waals surface area contributed by atoms with Gasteiger partial charge in [-0.1, -0.05) is 50.5 Å². The first kappa shape index (κ1) is 57.2. The standard InChI is InChI=1S/C59H75N5O13/c1-7-42(40-34-51(73-4)55(75-6)52(35-40)74-5)57(68)63-32-14-12-19-47(63)59(70)77-48(28-22-38-23-29-49(71-2)50(33-38)72-3)39-24-26-41(27-25-39)76-37-54(66)60-30-13-10-8-9-11-21-53(65)62-45-18-15-17-43-44(45)36-64(58(43)69)46-20-16-31-61-56(46)67/h15,17-18,23-27,29,33-35,42,46-48H,7-14,16,19-22,28,30-32,36-37H2,1-6H3,(H,60,66)(H,61,67)(H,62,65)/t42-,46?,47-,48+/m0/s1. The molecule has 5 amide bonds. The van der Waals surface area contributed by atoms with Gasteiger partial charge in [0.1, 0.15) is 23.9 Å². The number of aryl methyl sites for hydroxylation is 1. The van der Waals surface area contributed by atoms with Gasteiger partial charge in [0, 0.05) is 49.4 Å². The second-order valence-electron chi connectivity index (χ2n) is 19.6. The topological polar surface area (TPSA) is 210 Å². The molecule has 3 heterocycles. The molecule has 4 aromatic carbocycles. The van der Waals surface area contributed by atoms with Crippen molar-refractivity contribution in [2.45, 2.75) is 127 Å². The summed E-state index contributed by atoms with van der Waals surface area (Å²) in [5, 5.41) is 8.75. The van der Waals surface area contributed by atoms with Crippen LogP contribution in [-0.2, 0) is 41.7 Å². The van der Waals surface area contributed by atoms with E-state index in [0.717, 1.165) is 61.6 Å². The second-order valence-corrected chi connectivity index (χ2v) is 19.6. The average molecular weight is 1060 g/mol. The smallest absolute Gasteiger partial charge is 0.329 e. The number of hydrogen-bond donors (Lipinski definition) is 3. The summed E-state index contributed by atoms with van der Waals surface area (Å²) in [6.45, 7) is 3.56. The zero-order chi connectivity index (χ0) is 54.8. The van der Waals surface area contributed by atoms with Crippen LogP contribution < -0.4 is 44.4 Å². The third-order valence-electron chi connectivity index (χ3n) is 14.7. The van der Waals surface area contributed by atoms with Gasteiger partial charge in [0.15, 0.2) is 29.6 Å². The number of unbranched alkanes of at least 4 members (excludes halogenated alkanes) is 4. The molecule has 0 aliphatic carbocycles. The van der Waals surface area contributed by atoms with E-state index in [2.05, 4.69) is 16.0 Å². The zero-order valence-corrected chi connectivity index (χ0v) is 45.4. The zero-order valence-electron chi connectivity index (χ0n) is 45.4. The van der Waals surface area contributed by atoms with Crippen molar-refractivity contribution in [1.82, 2.24) is 20.4 Å². The minimum Gasteiger partial charge on any atom is -0.493 e. The Morgan fingerprint density at radius 1 is 0.740 bits per heavy atom. The molecule has 7 rings (SSSR count). The lowest BCUT2D eigenvalue weighted by Crippen LogP contribution is -2.50. The van der Waals surface area contributed by atoms with Crippen LogP contribution in [0.15, 0.2) is 72.8 Å². The minimum atomic E-state index is -0.792. The maximum atomic E-state index is 14.5. The summed E-state index contributed by atoms with van der Waals surface area (Å²) in [5.74, 6) is 1.02. The molecule has 3 N–H and O–H groups in total. The van der Waals surface area contributed by atoms with Crippen molar-refractivity contribution in [3.05, 3.63) is 101 Å². The van der Waals surface area contributed by atoms with Crippen LogP contribution in [0.5, 0.6) is 34.5 Å². The van der Waals surface area contributed by atoms with Crippen molar-refractivity contribution >= 4 is 41.2 Å². The monoisotopic (exact) mass is 1060 g/mol. The first-order chi connectivity index (χ1) is 37.4. The van der Waals surface area contributed by atoms with Crippen LogP contribution in [0.2, 0.25) is 0 Å². The number of amides is 5. The molecule has 414 valence electrons. The number of carbonyl (C=O) groups is 6. The van der Waals surface area contributed by atoms with E-state index in [-0.39, 0.29) is 36.1 Å². The number of likely N-dealkylation sites (tertiary alicyclic amines) is 1. The lowest BCUT2D eigenvalue weighted by molar-refractivity contribution is -0.162. The van der Waals surface area contributed by atoms with E-state index in [1.807, 2.05) is 37.3 Å². The average Bonchev–Trinajstić information content (AvgIpc) is 3.81. The van der Waals surface area contributed by atoms with E-state index in [1.54, 1.807) is 66.5 Å². The van der Waals surface area contributed by atoms with E-state index in [4.69, 9.17) is 33.2 Å². The lowest BCUT2D eigenvalue weighted by Gasteiger charge is -2.37. The Morgan fingerprint density at radius 2 is 1.47 bits per heavy atom. The molecule has 0 saturated carbocycles. The highest BCUT2D eigenvalue weighted by Crippen LogP contribution is 2.42. The number of esters is 1. The second kappa shape index (κ2) is 28.0. The Morgan fingerprint density at radius 3 is 2.17 bits per heavy atom. The highest BCUT2D eigenvalue weighted by atomic mass is 16.5. The number of fused-ring (bicyclic) bond motifs is 1. The summed E-state index contributed by atoms with van der Waals surface area (Å²) >= 11 is 0. The van der Waals surface area contributed by atoms with Gasteiger partial charge in [-0.15, -0.1) is 0 Å². The van der Waals surface area contributed by atoms with Crippen molar-refractivity contribution in [2.24, 2.45) is 0 Å². The summed E-state index contributed by atoms with van der Waals surface area (Å²) < 4.78 is 40.0. The number of hydrogen-bond acceptors (Lipinski definition) is 13. The SMILES string of the molecule is CC[C@H](C(=O)N1CCCC[C@H]1C(=O)O[C@H](CCc1ccc(OC)c(OC)c1)c1ccc(OCC(=O)NCCCCCCCC(=O)Nc2cccc3c2CN(C2CCCNC2=O)C3=O)cc1)c1cc(OC)c(OC)c(OC)c1. The lowest BCUT2D eigenvalue weighted by atomic mass is 9.91. The third-order valence-corrected chi connectivity index (χ3v) is 14.7. The molecule has 0 spiro atoms. The predicted molar refractivity (Wildman–Crippen MR) is 289 cm³/mol. The predicted octanol–water partition coefficient (Wildman–Crippen LogP) is 8.23. The quantitative estimate of drug-likeness (QED) is 0.0380. The summed E-state index contributed by atoms with van der Waals surface area (Å²) in [4.78, 5) is 83.5. The highest BCUT2D eigenvalue weighted by Gasteiger charge is 2.40.